The fourth-order valence-corrected chi connectivity index (χ4v) is 10.5. The predicted molar refractivity (Wildman–Crippen MR) is 330 cm³/mol. The third kappa shape index (κ3) is 7.39. The van der Waals surface area contributed by atoms with Gasteiger partial charge in [-0.25, -0.2) is 0 Å². The Labute approximate surface area is 489 Å². The summed E-state index contributed by atoms with van der Waals surface area (Å²) in [5.41, 5.74) is -0.175. The molecule has 0 aliphatic heterocycles. The molecule has 0 atom stereocenters. The number of hydrogen-bond donors (Lipinski definition) is 0. The lowest BCUT2D eigenvalue weighted by Crippen LogP contribution is -1.92. The Morgan fingerprint density at radius 1 is 0.247 bits per heavy atom. The molecule has 77 heavy (non-hydrogen) atoms. The molecule has 0 aliphatic carbocycles. The molecule has 1 heteroatoms. The highest BCUT2D eigenvalue weighted by atomic mass is 16.3. The van der Waals surface area contributed by atoms with Crippen molar-refractivity contribution >= 4 is 97.3 Å². The zero-order valence-electron chi connectivity index (χ0n) is 70.7. The SMILES string of the molecule is [2H]c1c([2H])c(-c2c([2H])c([2H])c3c([2H])c([2H])c([2H])c([2H])c3c2[2H])c([2H])c(-c2c3c([2H])c([2H])c([2H])c([2H])c3c(-c3c([2H])c([2H])c([2H])c4c([2H])c([2H])c([2H])c([2H])c34)c3c([2H])c([2H])c([2H])c([2H])c23)c1[2H].[2H]c1c([2H])c([2H])c(-c2c3ccccc3c(-c3cccc4oc5c6ccccc6ccc5c34)c3ccccc23)c([2H])c1[2H]. The standard InChI is InChI=1S/C40H26.C36H22O/c1-2-13-29-25-31(24-23-27(29)11-1)30-15-9-16-32(26-30)39-35-18-5-7-20-37(35)40(38-21-8-6-19-36(38)39)34-22-10-14-28-12-3-4-17-33(28)34;1-2-12-24(13-3-1)33-26-15-6-8-17-28(26)34(29-18-9-7-16-27(29)33)30-19-10-20-32-35(30)31-22-21-23-11-4-5-14-25(23)36(31)37-32/h1-26H;1-22H/i1D,2D,3D,4D,5D,6D,7D,8D,9D,10D,11D,12D,13D,14D,15D,16D,17D,18D,19D,20D,21D,22D,23D,24D,25D,26D;1D,2D,3D,12D,13D. The highest BCUT2D eigenvalue weighted by Crippen LogP contribution is 2.49. The van der Waals surface area contributed by atoms with Crippen LogP contribution in [0.1, 0.15) is 42.5 Å². The molecule has 15 aromatic carbocycles. The van der Waals surface area contributed by atoms with Crippen molar-refractivity contribution in [3.8, 4) is 55.6 Å². The van der Waals surface area contributed by atoms with Crippen LogP contribution in [-0.2, 0) is 0 Å². The zero-order valence-corrected chi connectivity index (χ0v) is 39.7. The molecule has 0 unspecified atom stereocenters. The first-order valence-corrected chi connectivity index (χ1v) is 24.0. The van der Waals surface area contributed by atoms with Crippen LogP contribution in [0.4, 0.5) is 0 Å². The summed E-state index contributed by atoms with van der Waals surface area (Å²) < 4.78 is 280. The van der Waals surface area contributed by atoms with Crippen LogP contribution in [0.3, 0.4) is 0 Å². The van der Waals surface area contributed by atoms with E-state index in [4.69, 9.17) is 35.9 Å². The minimum atomic E-state index is -1.07. The van der Waals surface area contributed by atoms with Crippen LogP contribution in [0.15, 0.2) is 295 Å². The molecule has 0 spiro atoms. The summed E-state index contributed by atoms with van der Waals surface area (Å²) in [6.45, 7) is 0. The average molecular weight is 1010 g/mol. The quantitative estimate of drug-likeness (QED) is 0.157. The lowest BCUT2D eigenvalue weighted by molar-refractivity contribution is 0.673. The normalized spacial score (nSPS) is 17.3. The monoisotopic (exact) mass is 1010 g/mol. The Hall–Kier alpha value is -10.1. The largest absolute Gasteiger partial charge is 0.455 e. The maximum atomic E-state index is 9.70. The van der Waals surface area contributed by atoms with Crippen LogP contribution in [0.5, 0.6) is 0 Å². The molecule has 0 fully saturated rings. The Morgan fingerprint density at radius 3 is 1.47 bits per heavy atom. The first-order chi connectivity index (χ1) is 51.1. The van der Waals surface area contributed by atoms with Crippen molar-refractivity contribution in [2.24, 2.45) is 0 Å². The summed E-state index contributed by atoms with van der Waals surface area (Å²) in [7, 11) is 0. The fourth-order valence-electron chi connectivity index (χ4n) is 10.5. The van der Waals surface area contributed by atoms with Gasteiger partial charge in [0.1, 0.15) is 11.2 Å². The second-order valence-electron chi connectivity index (χ2n) is 17.8. The van der Waals surface area contributed by atoms with Gasteiger partial charge in [0.2, 0.25) is 0 Å². The number of hydrogen-bond acceptors (Lipinski definition) is 1. The highest BCUT2D eigenvalue weighted by molar-refractivity contribution is 6.27. The summed E-state index contributed by atoms with van der Waals surface area (Å²) in [6.07, 6.45) is 0. The van der Waals surface area contributed by atoms with Gasteiger partial charge in [-0.2, -0.15) is 0 Å². The summed E-state index contributed by atoms with van der Waals surface area (Å²) in [5.74, 6) is 0. The van der Waals surface area contributed by atoms with Crippen molar-refractivity contribution in [3.63, 3.8) is 0 Å². The van der Waals surface area contributed by atoms with Gasteiger partial charge in [0.25, 0.3) is 0 Å². The Bertz CT molecular complexity index is 6710. The Kier molecular flexibility index (Phi) is 5.54. The molecule has 0 aliphatic rings. The van der Waals surface area contributed by atoms with E-state index in [1.165, 1.54) is 0 Å². The second-order valence-corrected chi connectivity index (χ2v) is 17.8. The molecule has 1 heterocycles. The van der Waals surface area contributed by atoms with E-state index >= 15 is 0 Å². The van der Waals surface area contributed by atoms with Crippen molar-refractivity contribution < 1.29 is 46.9 Å². The molecule has 358 valence electrons. The molecule has 0 radical (unpaired) electrons. The van der Waals surface area contributed by atoms with Gasteiger partial charge in [0, 0.05) is 16.2 Å². The van der Waals surface area contributed by atoms with E-state index < -0.39 is 240 Å². The molecule has 0 N–H and O–H groups in total. The van der Waals surface area contributed by atoms with Crippen molar-refractivity contribution in [3.05, 3.63) is 290 Å². The van der Waals surface area contributed by atoms with Crippen LogP contribution in [0, 0.1) is 0 Å². The first-order valence-electron chi connectivity index (χ1n) is 39.5. The highest BCUT2D eigenvalue weighted by Gasteiger charge is 2.22. The van der Waals surface area contributed by atoms with E-state index in [0.29, 0.717) is 5.56 Å². The van der Waals surface area contributed by atoms with Gasteiger partial charge in [-0.3, -0.25) is 0 Å². The van der Waals surface area contributed by atoms with E-state index in [1.54, 1.807) is 0 Å². The minimum Gasteiger partial charge on any atom is -0.455 e. The smallest absolute Gasteiger partial charge is 0.143 e. The molecule has 16 aromatic rings. The molecular weight excluding hydrogens is 929 g/mol. The van der Waals surface area contributed by atoms with Crippen LogP contribution in [0.2, 0.25) is 0 Å². The van der Waals surface area contributed by atoms with E-state index in [9.17, 15) is 11.0 Å². The van der Waals surface area contributed by atoms with Crippen LogP contribution < -0.4 is 0 Å². The number of fused-ring (bicyclic) bond motifs is 11. The zero-order chi connectivity index (χ0) is 77.8. The van der Waals surface area contributed by atoms with E-state index in [0.717, 1.165) is 65.4 Å². The molecule has 0 saturated carbocycles. The summed E-state index contributed by atoms with van der Waals surface area (Å²) in [5, 5.41) is 2.35. The average Bonchev–Trinajstić information content (AvgIpc) is 0.779. The van der Waals surface area contributed by atoms with Crippen molar-refractivity contribution in [2.45, 2.75) is 0 Å². The number of furan rings is 1. The molecule has 0 saturated heterocycles. The third-order valence-corrected chi connectivity index (χ3v) is 13.7. The van der Waals surface area contributed by atoms with Gasteiger partial charge in [-0.15, -0.1) is 0 Å². The van der Waals surface area contributed by atoms with Gasteiger partial charge in [-0.05, 0) is 150 Å². The van der Waals surface area contributed by atoms with Gasteiger partial charge in [0.05, 0.1) is 42.5 Å². The molecule has 0 amide bonds. The minimum absolute atomic E-state index is 0.207. The maximum absolute atomic E-state index is 9.70. The molecule has 0 bridgehead atoms. The van der Waals surface area contributed by atoms with E-state index in [1.807, 2.05) is 72.8 Å². The van der Waals surface area contributed by atoms with Crippen molar-refractivity contribution in [1.82, 2.24) is 0 Å². The Morgan fingerprint density at radius 2 is 0.753 bits per heavy atom. The van der Waals surface area contributed by atoms with Crippen molar-refractivity contribution in [2.75, 3.05) is 0 Å². The number of benzene rings is 15. The third-order valence-electron chi connectivity index (χ3n) is 13.7. The van der Waals surface area contributed by atoms with E-state index in [-0.39, 0.29) is 29.7 Å². The van der Waals surface area contributed by atoms with Crippen LogP contribution in [-0.4, -0.2) is 0 Å². The molecule has 1 aromatic heterocycles. The van der Waals surface area contributed by atoms with Gasteiger partial charge in [-0.1, -0.05) is 266 Å². The van der Waals surface area contributed by atoms with Gasteiger partial charge >= 0.3 is 0 Å². The molecule has 16 rings (SSSR count). The predicted octanol–water partition coefficient (Wildman–Crippen LogP) is 21.7. The summed E-state index contributed by atoms with van der Waals surface area (Å²) in [4.78, 5) is 0. The fraction of sp³-hybridized carbons (Fsp3) is 0. The van der Waals surface area contributed by atoms with E-state index in [2.05, 4.69) is 30.3 Å². The summed E-state index contributed by atoms with van der Waals surface area (Å²) in [6, 6.07) is 8.63. The van der Waals surface area contributed by atoms with Gasteiger partial charge in [0.15, 0.2) is 0 Å². The second kappa shape index (κ2) is 18.4. The first kappa shape index (κ1) is 23.2. The Balaban J connectivity index is 0.000000189. The summed E-state index contributed by atoms with van der Waals surface area (Å²) >= 11 is 0. The van der Waals surface area contributed by atoms with Crippen LogP contribution in [0.25, 0.3) is 153 Å². The lowest BCUT2D eigenvalue weighted by atomic mass is 9.84. The van der Waals surface area contributed by atoms with Crippen molar-refractivity contribution in [1.29, 1.82) is 0 Å². The van der Waals surface area contributed by atoms with Gasteiger partial charge < -0.3 is 4.42 Å². The lowest BCUT2D eigenvalue weighted by Gasteiger charge is -2.19. The topological polar surface area (TPSA) is 13.1 Å². The number of rotatable bonds is 5. The molecular formula is C76H48O. The maximum Gasteiger partial charge on any atom is 0.143 e. The van der Waals surface area contributed by atoms with Crippen LogP contribution >= 0.6 is 0 Å². The molecule has 1 nitrogen and oxygen atoms in total.